The summed E-state index contributed by atoms with van der Waals surface area (Å²) in [5, 5.41) is 4.01. The van der Waals surface area contributed by atoms with Gasteiger partial charge >= 0.3 is 0 Å². The lowest BCUT2D eigenvalue weighted by Crippen LogP contribution is -2.34. The number of hydrogen-bond acceptors (Lipinski definition) is 4. The van der Waals surface area contributed by atoms with E-state index < -0.39 is 5.54 Å². The molecule has 1 aromatic carbocycles. The van der Waals surface area contributed by atoms with Gasteiger partial charge in [0.15, 0.2) is 5.82 Å². The molecular formula is C14H17ClFN3O. The lowest BCUT2D eigenvalue weighted by Gasteiger charge is -2.17. The molecule has 2 N–H and O–H groups in total. The van der Waals surface area contributed by atoms with Gasteiger partial charge in [-0.05, 0) is 43.5 Å². The second-order valence-corrected chi connectivity index (χ2v) is 5.25. The Kier molecular flexibility index (Phi) is 4.11. The number of aryl methyl sites for hydroxylation is 1. The van der Waals surface area contributed by atoms with E-state index in [9.17, 15) is 4.39 Å². The molecule has 2 aromatic rings. The van der Waals surface area contributed by atoms with E-state index in [1.54, 1.807) is 6.07 Å². The third-order valence-electron chi connectivity index (χ3n) is 3.79. The standard InChI is InChI=1S/C14H16FN3O.ClH/c1-9-8-10(15)4-5-11(9)12-17-13(18-19-12)14(16)6-2-3-7-14;/h4-5,8H,2-3,6-7,16H2,1H3;1H. The first-order chi connectivity index (χ1) is 9.08. The molecule has 4 nitrogen and oxygen atoms in total. The number of nitrogens with two attached hydrogens (primary N) is 1. The summed E-state index contributed by atoms with van der Waals surface area (Å²) in [6.07, 6.45) is 3.95. The van der Waals surface area contributed by atoms with E-state index in [-0.39, 0.29) is 18.2 Å². The third kappa shape index (κ3) is 2.55. The highest BCUT2D eigenvalue weighted by Crippen LogP contribution is 2.35. The number of benzene rings is 1. The lowest BCUT2D eigenvalue weighted by molar-refractivity contribution is 0.372. The Hall–Kier alpha value is -1.46. The molecule has 0 spiro atoms. The fourth-order valence-corrected chi connectivity index (χ4v) is 2.63. The minimum atomic E-state index is -0.463. The molecular weight excluding hydrogens is 281 g/mol. The van der Waals surface area contributed by atoms with E-state index in [1.807, 2.05) is 6.92 Å². The van der Waals surface area contributed by atoms with Crippen LogP contribution in [-0.4, -0.2) is 10.1 Å². The summed E-state index contributed by atoms with van der Waals surface area (Å²) in [6.45, 7) is 1.82. The molecule has 6 heteroatoms. The monoisotopic (exact) mass is 297 g/mol. The normalized spacial score (nSPS) is 16.9. The van der Waals surface area contributed by atoms with Crippen LogP contribution in [0.1, 0.15) is 37.1 Å². The fourth-order valence-electron chi connectivity index (χ4n) is 2.63. The van der Waals surface area contributed by atoms with Crippen LogP contribution < -0.4 is 5.73 Å². The SMILES string of the molecule is Cc1cc(F)ccc1-c1nc(C2(N)CCCC2)no1.Cl. The van der Waals surface area contributed by atoms with Gasteiger partial charge in [0.25, 0.3) is 5.89 Å². The first kappa shape index (κ1) is 14.9. The molecule has 0 aliphatic heterocycles. The van der Waals surface area contributed by atoms with Crippen molar-refractivity contribution in [2.24, 2.45) is 5.73 Å². The quantitative estimate of drug-likeness (QED) is 0.923. The average Bonchev–Trinajstić information content (AvgIpc) is 2.99. The van der Waals surface area contributed by atoms with E-state index in [0.29, 0.717) is 11.7 Å². The molecule has 1 saturated carbocycles. The molecule has 0 amide bonds. The average molecular weight is 298 g/mol. The Morgan fingerprint density at radius 3 is 2.65 bits per heavy atom. The van der Waals surface area contributed by atoms with E-state index in [1.165, 1.54) is 12.1 Å². The molecule has 3 rings (SSSR count). The van der Waals surface area contributed by atoms with Gasteiger partial charge in [-0.3, -0.25) is 0 Å². The molecule has 1 aliphatic carbocycles. The summed E-state index contributed by atoms with van der Waals surface area (Å²) >= 11 is 0. The number of halogens is 2. The highest BCUT2D eigenvalue weighted by atomic mass is 35.5. The van der Waals surface area contributed by atoms with Crippen molar-refractivity contribution in [1.29, 1.82) is 0 Å². The maximum absolute atomic E-state index is 13.1. The molecule has 20 heavy (non-hydrogen) atoms. The van der Waals surface area contributed by atoms with E-state index in [4.69, 9.17) is 10.3 Å². The molecule has 1 fully saturated rings. The van der Waals surface area contributed by atoms with Crippen LogP contribution in [0.5, 0.6) is 0 Å². The highest BCUT2D eigenvalue weighted by molar-refractivity contribution is 5.85. The van der Waals surface area contributed by atoms with Gasteiger partial charge in [-0.15, -0.1) is 12.4 Å². The Labute approximate surface area is 123 Å². The first-order valence-electron chi connectivity index (χ1n) is 6.48. The number of nitrogens with zero attached hydrogens (tertiary/aromatic N) is 2. The van der Waals surface area contributed by atoms with Gasteiger partial charge in [-0.1, -0.05) is 18.0 Å². The Balaban J connectivity index is 0.00000147. The molecule has 1 heterocycles. The van der Waals surface area contributed by atoms with Gasteiger partial charge in [-0.25, -0.2) is 4.39 Å². The molecule has 1 aliphatic rings. The van der Waals surface area contributed by atoms with E-state index >= 15 is 0 Å². The summed E-state index contributed by atoms with van der Waals surface area (Å²) in [4.78, 5) is 4.40. The van der Waals surface area contributed by atoms with Crippen molar-refractivity contribution in [2.75, 3.05) is 0 Å². The van der Waals surface area contributed by atoms with Gasteiger partial charge in [0, 0.05) is 5.56 Å². The minimum Gasteiger partial charge on any atom is -0.334 e. The highest BCUT2D eigenvalue weighted by Gasteiger charge is 2.36. The van der Waals surface area contributed by atoms with Crippen LogP contribution in [-0.2, 0) is 5.54 Å². The van der Waals surface area contributed by atoms with Gasteiger partial charge in [-0.2, -0.15) is 4.98 Å². The van der Waals surface area contributed by atoms with Crippen molar-refractivity contribution in [3.63, 3.8) is 0 Å². The van der Waals surface area contributed by atoms with Crippen LogP contribution in [0, 0.1) is 12.7 Å². The zero-order valence-electron chi connectivity index (χ0n) is 11.2. The third-order valence-corrected chi connectivity index (χ3v) is 3.79. The second-order valence-electron chi connectivity index (χ2n) is 5.25. The first-order valence-corrected chi connectivity index (χ1v) is 6.48. The van der Waals surface area contributed by atoms with Gasteiger partial charge in [0.05, 0.1) is 5.54 Å². The van der Waals surface area contributed by atoms with Crippen molar-refractivity contribution in [2.45, 2.75) is 38.1 Å². The Bertz CT molecular complexity index is 608. The van der Waals surface area contributed by atoms with Gasteiger partial charge < -0.3 is 10.3 Å². The molecule has 0 bridgehead atoms. The summed E-state index contributed by atoms with van der Waals surface area (Å²) < 4.78 is 18.4. The Morgan fingerprint density at radius 1 is 1.30 bits per heavy atom. The van der Waals surface area contributed by atoms with Crippen LogP contribution in [0.15, 0.2) is 22.7 Å². The molecule has 0 unspecified atom stereocenters. The largest absolute Gasteiger partial charge is 0.334 e. The van der Waals surface area contributed by atoms with E-state index in [2.05, 4.69) is 10.1 Å². The fraction of sp³-hybridized carbons (Fsp3) is 0.429. The van der Waals surface area contributed by atoms with E-state index in [0.717, 1.165) is 36.8 Å². The maximum atomic E-state index is 13.1. The smallest absolute Gasteiger partial charge is 0.258 e. The molecule has 0 radical (unpaired) electrons. The molecule has 0 saturated heterocycles. The second kappa shape index (κ2) is 5.50. The van der Waals surface area contributed by atoms with Gasteiger partial charge in [0.2, 0.25) is 0 Å². The predicted octanol–water partition coefficient (Wildman–Crippen LogP) is 3.33. The zero-order chi connectivity index (χ0) is 13.5. The van der Waals surface area contributed by atoms with Crippen molar-refractivity contribution >= 4 is 12.4 Å². The van der Waals surface area contributed by atoms with Crippen molar-refractivity contribution < 1.29 is 8.91 Å². The Morgan fingerprint density at radius 2 is 2.00 bits per heavy atom. The van der Waals surface area contributed by atoms with Crippen LogP contribution in [0.4, 0.5) is 4.39 Å². The summed E-state index contributed by atoms with van der Waals surface area (Å²) in [5.74, 6) is 0.694. The lowest BCUT2D eigenvalue weighted by atomic mass is 9.98. The molecule has 0 atom stereocenters. The van der Waals surface area contributed by atoms with Crippen molar-refractivity contribution in [3.8, 4) is 11.5 Å². The van der Waals surface area contributed by atoms with Crippen molar-refractivity contribution in [3.05, 3.63) is 35.4 Å². The van der Waals surface area contributed by atoms with Crippen LogP contribution >= 0.6 is 12.4 Å². The number of aromatic nitrogens is 2. The van der Waals surface area contributed by atoms with Crippen LogP contribution in [0.25, 0.3) is 11.5 Å². The summed E-state index contributed by atoms with van der Waals surface area (Å²) in [7, 11) is 0. The number of rotatable bonds is 2. The number of hydrogen-bond donors (Lipinski definition) is 1. The predicted molar refractivity (Wildman–Crippen MR) is 76.0 cm³/mol. The molecule has 108 valence electrons. The minimum absolute atomic E-state index is 0. The topological polar surface area (TPSA) is 64.9 Å². The summed E-state index contributed by atoms with van der Waals surface area (Å²) in [5.41, 5.74) is 7.35. The van der Waals surface area contributed by atoms with Crippen LogP contribution in [0.2, 0.25) is 0 Å². The zero-order valence-corrected chi connectivity index (χ0v) is 12.0. The molecule has 1 aromatic heterocycles. The maximum Gasteiger partial charge on any atom is 0.258 e. The van der Waals surface area contributed by atoms with Crippen LogP contribution in [0.3, 0.4) is 0 Å². The van der Waals surface area contributed by atoms with Crippen molar-refractivity contribution in [1.82, 2.24) is 10.1 Å². The summed E-state index contributed by atoms with van der Waals surface area (Å²) in [6, 6.07) is 4.49. The van der Waals surface area contributed by atoms with Gasteiger partial charge in [0.1, 0.15) is 5.82 Å².